The molecule has 106 valence electrons. The summed E-state index contributed by atoms with van der Waals surface area (Å²) < 4.78 is 17.3. The molecule has 0 bridgehead atoms. The van der Waals surface area contributed by atoms with Crippen molar-refractivity contribution in [2.24, 2.45) is 0 Å². The number of anilines is 1. The molecule has 1 atom stereocenters. The first-order valence-corrected chi connectivity index (χ1v) is 7.54. The van der Waals surface area contributed by atoms with Crippen molar-refractivity contribution >= 4 is 16.7 Å². The van der Waals surface area contributed by atoms with E-state index in [1.54, 1.807) is 12.1 Å². The maximum atomic E-state index is 12.9. The molecular weight excluding hydrogens is 275 g/mol. The minimum Gasteiger partial charge on any atom is -0.342 e. The lowest BCUT2D eigenvalue weighted by Gasteiger charge is -2.33. The molecule has 20 heavy (non-hydrogen) atoms. The second-order valence-corrected chi connectivity index (χ2v) is 5.77. The monoisotopic (exact) mass is 292 g/mol. The van der Waals surface area contributed by atoms with E-state index in [2.05, 4.69) is 26.5 Å². The van der Waals surface area contributed by atoms with Crippen LogP contribution < -0.4 is 10.2 Å². The number of hydrogen-bond donors (Lipinski definition) is 1. The fourth-order valence-electron chi connectivity index (χ4n) is 2.34. The Balaban J connectivity index is 1.71. The van der Waals surface area contributed by atoms with Crippen LogP contribution in [0, 0.1) is 5.82 Å². The summed E-state index contributed by atoms with van der Waals surface area (Å²) >= 11 is 1.45. The van der Waals surface area contributed by atoms with Gasteiger partial charge >= 0.3 is 0 Å². The van der Waals surface area contributed by atoms with Crippen LogP contribution in [0.3, 0.4) is 0 Å². The molecule has 3 rings (SSSR count). The first-order valence-electron chi connectivity index (χ1n) is 6.77. The summed E-state index contributed by atoms with van der Waals surface area (Å²) in [6.07, 6.45) is 0.650. The molecule has 0 saturated carbocycles. The third-order valence-electron chi connectivity index (χ3n) is 3.48. The van der Waals surface area contributed by atoms with Gasteiger partial charge in [0.15, 0.2) is 0 Å². The number of nitrogens with one attached hydrogen (secondary N) is 1. The Labute approximate surface area is 121 Å². The molecule has 1 aromatic heterocycles. The molecule has 0 aliphatic carbocycles. The van der Waals surface area contributed by atoms with Crippen molar-refractivity contribution in [2.45, 2.75) is 19.4 Å². The van der Waals surface area contributed by atoms with Crippen LogP contribution >= 0.6 is 11.5 Å². The molecule has 1 unspecified atom stereocenters. The maximum absolute atomic E-state index is 12.9. The van der Waals surface area contributed by atoms with Crippen LogP contribution in [0.15, 0.2) is 24.3 Å². The van der Waals surface area contributed by atoms with Crippen LogP contribution in [0.25, 0.3) is 0 Å². The zero-order valence-electron chi connectivity index (χ0n) is 11.3. The van der Waals surface area contributed by atoms with Crippen molar-refractivity contribution in [3.8, 4) is 0 Å². The summed E-state index contributed by atoms with van der Waals surface area (Å²) in [6, 6.07) is 6.95. The summed E-state index contributed by atoms with van der Waals surface area (Å²) in [5.41, 5.74) is 1.03. The molecule has 2 aromatic rings. The number of benzene rings is 1. The molecular formula is C14H17FN4S. The van der Waals surface area contributed by atoms with E-state index in [-0.39, 0.29) is 5.82 Å². The van der Waals surface area contributed by atoms with E-state index in [0.29, 0.717) is 12.5 Å². The van der Waals surface area contributed by atoms with Crippen molar-refractivity contribution in [1.82, 2.24) is 14.7 Å². The summed E-state index contributed by atoms with van der Waals surface area (Å²) in [5.74, 6) is 0.595. The van der Waals surface area contributed by atoms with Crippen LogP contribution in [-0.4, -0.2) is 35.0 Å². The predicted octanol–water partition coefficient (Wildman–Crippen LogP) is 2.07. The molecule has 1 fully saturated rings. The number of rotatable bonds is 3. The Kier molecular flexibility index (Phi) is 3.93. The van der Waals surface area contributed by atoms with E-state index in [9.17, 15) is 4.39 Å². The van der Waals surface area contributed by atoms with Crippen LogP contribution in [0.2, 0.25) is 0 Å². The Bertz CT molecular complexity index is 569. The average Bonchev–Trinajstić information content (AvgIpc) is 2.90. The van der Waals surface area contributed by atoms with Crippen LogP contribution in [-0.2, 0) is 6.42 Å². The fraction of sp³-hybridized carbons (Fsp3) is 0.429. The minimum atomic E-state index is -0.213. The number of halogens is 1. The lowest BCUT2D eigenvalue weighted by atomic mass is 10.1. The van der Waals surface area contributed by atoms with Gasteiger partial charge in [-0.2, -0.15) is 4.37 Å². The van der Waals surface area contributed by atoms with Gasteiger partial charge in [0.1, 0.15) is 11.6 Å². The van der Waals surface area contributed by atoms with Gasteiger partial charge in [0, 0.05) is 43.6 Å². The van der Waals surface area contributed by atoms with Gasteiger partial charge in [-0.15, -0.1) is 0 Å². The highest BCUT2D eigenvalue weighted by atomic mass is 32.1. The van der Waals surface area contributed by atoms with Crippen LogP contribution in [0.5, 0.6) is 0 Å². The molecule has 1 aliphatic heterocycles. The molecule has 6 heteroatoms. The number of hydrogen-bond acceptors (Lipinski definition) is 5. The molecule has 1 aromatic carbocycles. The summed E-state index contributed by atoms with van der Waals surface area (Å²) in [7, 11) is 0. The lowest BCUT2D eigenvalue weighted by Crippen LogP contribution is -2.49. The molecule has 1 aliphatic rings. The van der Waals surface area contributed by atoms with Gasteiger partial charge in [0.05, 0.1) is 0 Å². The van der Waals surface area contributed by atoms with Gasteiger partial charge in [-0.1, -0.05) is 12.1 Å². The first-order chi connectivity index (χ1) is 9.72. The zero-order chi connectivity index (χ0) is 13.9. The van der Waals surface area contributed by atoms with E-state index in [4.69, 9.17) is 0 Å². The van der Waals surface area contributed by atoms with E-state index in [1.807, 2.05) is 0 Å². The highest BCUT2D eigenvalue weighted by Crippen LogP contribution is 2.21. The van der Waals surface area contributed by atoms with Gasteiger partial charge in [-0.3, -0.25) is 0 Å². The SMILES string of the molecule is CC1CNCCN1c1nc(Cc2ccc(F)cc2)ns1. The maximum Gasteiger partial charge on any atom is 0.205 e. The third kappa shape index (κ3) is 2.96. The molecule has 1 saturated heterocycles. The van der Waals surface area contributed by atoms with Gasteiger partial charge in [-0.05, 0) is 24.6 Å². The summed E-state index contributed by atoms with van der Waals surface area (Å²) in [4.78, 5) is 6.91. The Morgan fingerprint density at radius 2 is 2.20 bits per heavy atom. The zero-order valence-corrected chi connectivity index (χ0v) is 12.2. The minimum absolute atomic E-state index is 0.213. The largest absolute Gasteiger partial charge is 0.342 e. The quantitative estimate of drug-likeness (QED) is 0.940. The number of aromatic nitrogens is 2. The van der Waals surface area contributed by atoms with Gasteiger partial charge < -0.3 is 10.2 Å². The molecule has 4 nitrogen and oxygen atoms in total. The Morgan fingerprint density at radius 1 is 1.40 bits per heavy atom. The van der Waals surface area contributed by atoms with Crippen LogP contribution in [0.4, 0.5) is 9.52 Å². The normalized spacial score (nSPS) is 19.3. The topological polar surface area (TPSA) is 41.0 Å². The standard InChI is InChI=1S/C14H17FN4S/c1-10-9-16-6-7-19(10)14-17-13(18-20-14)8-11-2-4-12(15)5-3-11/h2-5,10,16H,6-9H2,1H3. The smallest absolute Gasteiger partial charge is 0.205 e. The predicted molar refractivity (Wildman–Crippen MR) is 78.8 cm³/mol. The van der Waals surface area contributed by atoms with Crippen molar-refractivity contribution < 1.29 is 4.39 Å². The lowest BCUT2D eigenvalue weighted by molar-refractivity contribution is 0.500. The van der Waals surface area contributed by atoms with Crippen LogP contribution in [0.1, 0.15) is 18.3 Å². The Hall–Kier alpha value is -1.53. The molecule has 1 N–H and O–H groups in total. The summed E-state index contributed by atoms with van der Waals surface area (Å²) in [6.45, 7) is 5.11. The highest BCUT2D eigenvalue weighted by molar-refractivity contribution is 7.09. The molecule has 0 spiro atoms. The van der Waals surface area contributed by atoms with Crippen molar-refractivity contribution in [1.29, 1.82) is 0 Å². The molecule has 0 radical (unpaired) electrons. The van der Waals surface area contributed by atoms with E-state index in [0.717, 1.165) is 36.2 Å². The van der Waals surface area contributed by atoms with Gasteiger partial charge in [0.25, 0.3) is 0 Å². The van der Waals surface area contributed by atoms with Crippen molar-refractivity contribution in [2.75, 3.05) is 24.5 Å². The molecule has 0 amide bonds. The van der Waals surface area contributed by atoms with Gasteiger partial charge in [0.2, 0.25) is 5.13 Å². The van der Waals surface area contributed by atoms with E-state index in [1.165, 1.54) is 23.7 Å². The Morgan fingerprint density at radius 3 is 2.95 bits per heavy atom. The average molecular weight is 292 g/mol. The second-order valence-electron chi connectivity index (χ2n) is 5.04. The number of piperazine rings is 1. The third-order valence-corrected chi connectivity index (χ3v) is 4.27. The van der Waals surface area contributed by atoms with Gasteiger partial charge in [-0.25, -0.2) is 9.37 Å². The molecule has 2 heterocycles. The highest BCUT2D eigenvalue weighted by Gasteiger charge is 2.21. The number of nitrogens with zero attached hydrogens (tertiary/aromatic N) is 3. The van der Waals surface area contributed by atoms with Crippen molar-refractivity contribution in [3.63, 3.8) is 0 Å². The van der Waals surface area contributed by atoms with E-state index >= 15 is 0 Å². The second kappa shape index (κ2) is 5.85. The van der Waals surface area contributed by atoms with Crippen molar-refractivity contribution in [3.05, 3.63) is 41.5 Å². The van der Waals surface area contributed by atoms with E-state index < -0.39 is 0 Å². The first kappa shape index (κ1) is 13.5. The summed E-state index contributed by atoms with van der Waals surface area (Å²) in [5, 5.41) is 4.35. The fourth-order valence-corrected chi connectivity index (χ4v) is 3.16.